The first-order valence-corrected chi connectivity index (χ1v) is 6.78. The Labute approximate surface area is 128 Å². The summed E-state index contributed by atoms with van der Waals surface area (Å²) in [5.41, 5.74) is 6.73. The number of phenols is 1. The molecule has 1 heterocycles. The van der Waals surface area contributed by atoms with Crippen molar-refractivity contribution in [3.8, 4) is 17.0 Å². The molecule has 7 nitrogen and oxygen atoms in total. The van der Waals surface area contributed by atoms with Gasteiger partial charge in [-0.05, 0) is 32.9 Å². The van der Waals surface area contributed by atoms with Gasteiger partial charge in [-0.15, -0.1) is 0 Å². The van der Waals surface area contributed by atoms with E-state index in [9.17, 15) is 9.90 Å². The van der Waals surface area contributed by atoms with E-state index in [1.54, 1.807) is 50.7 Å². The number of rotatable bonds is 2. The minimum Gasteiger partial charge on any atom is -0.506 e. The predicted octanol–water partition coefficient (Wildman–Crippen LogP) is 2.72. The van der Waals surface area contributed by atoms with Gasteiger partial charge >= 0.3 is 6.09 Å². The SMILES string of the molecule is Cn1nc(-c2ccc(NC(=O)OC(C)(C)C)c(O)c2)cc1N. The minimum atomic E-state index is -0.627. The minimum absolute atomic E-state index is 0.0763. The fourth-order valence-electron chi connectivity index (χ4n) is 1.83. The number of ether oxygens (including phenoxy) is 1. The van der Waals surface area contributed by atoms with Crippen molar-refractivity contribution in [3.63, 3.8) is 0 Å². The van der Waals surface area contributed by atoms with E-state index in [4.69, 9.17) is 10.5 Å². The average Bonchev–Trinajstić information content (AvgIpc) is 2.70. The van der Waals surface area contributed by atoms with Crippen molar-refractivity contribution >= 4 is 17.6 Å². The zero-order valence-electron chi connectivity index (χ0n) is 13.0. The van der Waals surface area contributed by atoms with E-state index in [0.717, 1.165) is 0 Å². The number of anilines is 2. The van der Waals surface area contributed by atoms with Crippen molar-refractivity contribution in [3.05, 3.63) is 24.3 Å². The number of nitrogens with two attached hydrogens (primary N) is 1. The normalized spacial score (nSPS) is 11.3. The monoisotopic (exact) mass is 304 g/mol. The molecule has 0 radical (unpaired) electrons. The molecule has 0 fully saturated rings. The summed E-state index contributed by atoms with van der Waals surface area (Å²) in [5, 5.41) is 16.8. The molecular formula is C15H20N4O3. The molecule has 0 saturated carbocycles. The number of aromatic nitrogens is 2. The maximum atomic E-state index is 11.7. The molecule has 0 unspecified atom stereocenters. The Morgan fingerprint density at radius 3 is 2.55 bits per heavy atom. The lowest BCUT2D eigenvalue weighted by Gasteiger charge is -2.20. The molecule has 7 heteroatoms. The second-order valence-electron chi connectivity index (χ2n) is 5.94. The topological polar surface area (TPSA) is 102 Å². The third kappa shape index (κ3) is 3.69. The Bertz CT molecular complexity index is 682. The average molecular weight is 304 g/mol. The first-order chi connectivity index (χ1) is 10.2. The molecule has 1 amide bonds. The number of carbonyl (C=O) groups excluding carboxylic acids is 1. The third-order valence-corrected chi connectivity index (χ3v) is 2.85. The number of nitrogens with zero attached hydrogens (tertiary/aromatic N) is 2. The van der Waals surface area contributed by atoms with Crippen molar-refractivity contribution in [1.29, 1.82) is 0 Å². The summed E-state index contributed by atoms with van der Waals surface area (Å²) in [6, 6.07) is 6.53. The maximum absolute atomic E-state index is 11.7. The molecule has 118 valence electrons. The van der Waals surface area contributed by atoms with Gasteiger partial charge in [-0.25, -0.2) is 4.79 Å². The third-order valence-electron chi connectivity index (χ3n) is 2.85. The highest BCUT2D eigenvalue weighted by atomic mass is 16.6. The quantitative estimate of drug-likeness (QED) is 0.740. The van der Waals surface area contributed by atoms with Gasteiger partial charge in [0, 0.05) is 18.7 Å². The molecule has 2 aromatic rings. The van der Waals surface area contributed by atoms with Crippen molar-refractivity contribution in [2.75, 3.05) is 11.1 Å². The summed E-state index contributed by atoms with van der Waals surface area (Å²) in [5.74, 6) is 0.443. The van der Waals surface area contributed by atoms with Crippen molar-refractivity contribution < 1.29 is 14.6 Å². The number of phenolic OH excluding ortho intramolecular Hbond substituents is 1. The van der Waals surface area contributed by atoms with Gasteiger partial charge in [-0.2, -0.15) is 5.10 Å². The lowest BCUT2D eigenvalue weighted by molar-refractivity contribution is 0.0635. The fourth-order valence-corrected chi connectivity index (χ4v) is 1.83. The number of amides is 1. The molecule has 2 rings (SSSR count). The zero-order chi connectivity index (χ0) is 16.5. The first-order valence-electron chi connectivity index (χ1n) is 6.78. The van der Waals surface area contributed by atoms with E-state index in [2.05, 4.69) is 10.4 Å². The standard InChI is InChI=1S/C15H20N4O3/c1-15(2,3)22-14(21)17-10-6-5-9(7-12(10)20)11-8-13(16)19(4)18-11/h5-8,20H,16H2,1-4H3,(H,17,21). The Morgan fingerprint density at radius 2 is 2.05 bits per heavy atom. The number of nitrogen functional groups attached to an aromatic ring is 1. The summed E-state index contributed by atoms with van der Waals surface area (Å²) >= 11 is 0. The van der Waals surface area contributed by atoms with Crippen LogP contribution in [-0.2, 0) is 11.8 Å². The van der Waals surface area contributed by atoms with Crippen LogP contribution >= 0.6 is 0 Å². The Balaban J connectivity index is 2.18. The molecular weight excluding hydrogens is 284 g/mol. The van der Waals surface area contributed by atoms with Crippen molar-refractivity contribution in [1.82, 2.24) is 9.78 Å². The van der Waals surface area contributed by atoms with Crippen LogP contribution in [0.3, 0.4) is 0 Å². The Kier molecular flexibility index (Phi) is 3.99. The van der Waals surface area contributed by atoms with E-state index < -0.39 is 11.7 Å². The molecule has 0 atom stereocenters. The maximum Gasteiger partial charge on any atom is 0.412 e. The van der Waals surface area contributed by atoms with Crippen LogP contribution in [0.5, 0.6) is 5.75 Å². The largest absolute Gasteiger partial charge is 0.506 e. The number of benzene rings is 1. The van der Waals surface area contributed by atoms with Gasteiger partial charge < -0.3 is 15.6 Å². The molecule has 0 aliphatic rings. The summed E-state index contributed by atoms with van der Waals surface area (Å²) in [6.45, 7) is 5.29. The van der Waals surface area contributed by atoms with Gasteiger partial charge in [-0.1, -0.05) is 6.07 Å². The molecule has 0 bridgehead atoms. The molecule has 0 saturated heterocycles. The molecule has 22 heavy (non-hydrogen) atoms. The van der Waals surface area contributed by atoms with Crippen LogP contribution in [0.2, 0.25) is 0 Å². The Hall–Kier alpha value is -2.70. The second kappa shape index (κ2) is 5.59. The highest BCUT2D eigenvalue weighted by Crippen LogP contribution is 2.30. The molecule has 1 aromatic carbocycles. The highest BCUT2D eigenvalue weighted by molar-refractivity contribution is 5.87. The number of aryl methyl sites for hydroxylation is 1. The molecule has 4 N–H and O–H groups in total. The first kappa shape index (κ1) is 15.7. The number of hydrogen-bond acceptors (Lipinski definition) is 5. The van der Waals surface area contributed by atoms with E-state index >= 15 is 0 Å². The van der Waals surface area contributed by atoms with Crippen LogP contribution in [0.25, 0.3) is 11.3 Å². The molecule has 0 aliphatic heterocycles. The van der Waals surface area contributed by atoms with Crippen LogP contribution in [0.1, 0.15) is 20.8 Å². The molecule has 0 aliphatic carbocycles. The summed E-state index contributed by atoms with van der Waals surface area (Å²) in [7, 11) is 1.73. The molecule has 0 spiro atoms. The lowest BCUT2D eigenvalue weighted by atomic mass is 10.1. The summed E-state index contributed by atoms with van der Waals surface area (Å²) in [4.78, 5) is 11.7. The van der Waals surface area contributed by atoms with E-state index in [1.807, 2.05) is 0 Å². The van der Waals surface area contributed by atoms with Crippen LogP contribution < -0.4 is 11.1 Å². The number of aromatic hydroxyl groups is 1. The van der Waals surface area contributed by atoms with E-state index in [-0.39, 0.29) is 11.4 Å². The molecule has 1 aromatic heterocycles. The zero-order valence-corrected chi connectivity index (χ0v) is 13.0. The van der Waals surface area contributed by atoms with E-state index in [1.165, 1.54) is 6.07 Å². The highest BCUT2D eigenvalue weighted by Gasteiger charge is 2.17. The van der Waals surface area contributed by atoms with Gasteiger partial charge in [0.25, 0.3) is 0 Å². The van der Waals surface area contributed by atoms with Gasteiger partial charge in [-0.3, -0.25) is 10.00 Å². The van der Waals surface area contributed by atoms with Gasteiger partial charge in [0.15, 0.2) is 0 Å². The summed E-state index contributed by atoms with van der Waals surface area (Å²) in [6.07, 6.45) is -0.627. The number of nitrogens with one attached hydrogen (secondary N) is 1. The number of carbonyl (C=O) groups is 1. The van der Waals surface area contributed by atoms with Crippen LogP contribution in [0, 0.1) is 0 Å². The Morgan fingerprint density at radius 1 is 1.36 bits per heavy atom. The van der Waals surface area contributed by atoms with Crippen LogP contribution in [-0.4, -0.2) is 26.6 Å². The van der Waals surface area contributed by atoms with Crippen molar-refractivity contribution in [2.24, 2.45) is 7.05 Å². The van der Waals surface area contributed by atoms with E-state index in [0.29, 0.717) is 17.1 Å². The van der Waals surface area contributed by atoms with Crippen LogP contribution in [0.4, 0.5) is 16.3 Å². The van der Waals surface area contributed by atoms with Gasteiger partial charge in [0.1, 0.15) is 17.2 Å². The van der Waals surface area contributed by atoms with Gasteiger partial charge in [0.2, 0.25) is 0 Å². The predicted molar refractivity (Wildman–Crippen MR) is 84.6 cm³/mol. The van der Waals surface area contributed by atoms with Crippen molar-refractivity contribution in [2.45, 2.75) is 26.4 Å². The van der Waals surface area contributed by atoms with Crippen LogP contribution in [0.15, 0.2) is 24.3 Å². The number of hydrogen-bond donors (Lipinski definition) is 3. The summed E-state index contributed by atoms with van der Waals surface area (Å²) < 4.78 is 6.68. The lowest BCUT2D eigenvalue weighted by Crippen LogP contribution is -2.27. The fraction of sp³-hybridized carbons (Fsp3) is 0.333. The smallest absolute Gasteiger partial charge is 0.412 e. The van der Waals surface area contributed by atoms with Gasteiger partial charge in [0.05, 0.1) is 11.4 Å². The second-order valence-corrected chi connectivity index (χ2v) is 5.94.